The molecule has 1 rings (SSSR count). The van der Waals surface area contributed by atoms with Gasteiger partial charge in [0.25, 0.3) is 0 Å². The summed E-state index contributed by atoms with van der Waals surface area (Å²) in [7, 11) is 0. The van der Waals surface area contributed by atoms with E-state index in [2.05, 4.69) is 6.58 Å². The Labute approximate surface area is 79.8 Å². The van der Waals surface area contributed by atoms with Crippen molar-refractivity contribution >= 4 is 0 Å². The van der Waals surface area contributed by atoms with Gasteiger partial charge in [-0.25, -0.2) is 0 Å². The molecule has 0 aliphatic heterocycles. The average molecular weight is 179 g/mol. The van der Waals surface area contributed by atoms with Crippen molar-refractivity contribution in [2.75, 3.05) is 6.61 Å². The van der Waals surface area contributed by atoms with Gasteiger partial charge in [-0.15, -0.1) is 6.58 Å². The second kappa shape index (κ2) is 4.87. The molecule has 0 saturated carbocycles. The molecule has 2 N–H and O–H groups in total. The van der Waals surface area contributed by atoms with E-state index in [0.29, 0.717) is 6.61 Å². The highest BCUT2D eigenvalue weighted by Crippen LogP contribution is 2.11. The molecule has 0 saturated heterocycles. The highest BCUT2D eigenvalue weighted by atomic mass is 16.5. The van der Waals surface area contributed by atoms with E-state index in [-0.39, 0.29) is 6.04 Å². The normalized spacial score (nSPS) is 21.1. The van der Waals surface area contributed by atoms with Gasteiger partial charge in [-0.05, 0) is 25.5 Å². The molecule has 2 nitrogen and oxygen atoms in total. The van der Waals surface area contributed by atoms with E-state index in [4.69, 9.17) is 10.5 Å². The second-order valence-electron chi connectivity index (χ2n) is 3.42. The monoisotopic (exact) mass is 179 g/mol. The van der Waals surface area contributed by atoms with Crippen LogP contribution in [0.3, 0.4) is 0 Å². The summed E-state index contributed by atoms with van der Waals surface area (Å²) in [4.78, 5) is 0. The van der Waals surface area contributed by atoms with E-state index in [1.54, 1.807) is 0 Å². The van der Waals surface area contributed by atoms with Crippen LogP contribution in [0.5, 0.6) is 0 Å². The van der Waals surface area contributed by atoms with E-state index in [0.717, 1.165) is 24.2 Å². The number of ether oxygens (including phenoxy) is 1. The molecule has 1 aliphatic carbocycles. The Hall–Kier alpha value is -1.02. The Bertz CT molecular complexity index is 240. The van der Waals surface area contributed by atoms with Crippen LogP contribution in [0.15, 0.2) is 36.1 Å². The van der Waals surface area contributed by atoms with Gasteiger partial charge in [0.1, 0.15) is 5.76 Å². The summed E-state index contributed by atoms with van der Waals surface area (Å²) in [6.07, 6.45) is 7.72. The SMILES string of the molecule is C=C(C)CCOC1=CCC(N)C=C1. The number of nitrogens with two attached hydrogens (primary N) is 1. The van der Waals surface area contributed by atoms with Gasteiger partial charge in [-0.2, -0.15) is 0 Å². The summed E-state index contributed by atoms with van der Waals surface area (Å²) in [5.41, 5.74) is 6.82. The zero-order valence-corrected chi connectivity index (χ0v) is 8.12. The average Bonchev–Trinajstić information content (AvgIpc) is 2.08. The lowest BCUT2D eigenvalue weighted by molar-refractivity contribution is 0.225. The van der Waals surface area contributed by atoms with Gasteiger partial charge in [0, 0.05) is 12.5 Å². The Morgan fingerprint density at radius 3 is 3.08 bits per heavy atom. The third-order valence-electron chi connectivity index (χ3n) is 1.90. The minimum absolute atomic E-state index is 0.161. The van der Waals surface area contributed by atoms with Crippen LogP contribution >= 0.6 is 0 Å². The summed E-state index contributed by atoms with van der Waals surface area (Å²) in [6, 6.07) is 0.161. The molecule has 0 spiro atoms. The van der Waals surface area contributed by atoms with Crippen molar-refractivity contribution in [2.45, 2.75) is 25.8 Å². The molecule has 0 amide bonds. The first kappa shape index (κ1) is 10.1. The van der Waals surface area contributed by atoms with Crippen LogP contribution in [0.1, 0.15) is 19.8 Å². The van der Waals surface area contributed by atoms with E-state index in [1.165, 1.54) is 0 Å². The fourth-order valence-electron chi connectivity index (χ4n) is 1.07. The summed E-state index contributed by atoms with van der Waals surface area (Å²) >= 11 is 0. The van der Waals surface area contributed by atoms with Gasteiger partial charge in [0.15, 0.2) is 0 Å². The van der Waals surface area contributed by atoms with Crippen molar-refractivity contribution in [2.24, 2.45) is 5.73 Å². The minimum atomic E-state index is 0.161. The first-order valence-corrected chi connectivity index (χ1v) is 4.59. The molecule has 0 radical (unpaired) electrons. The standard InChI is InChI=1S/C11H17NO/c1-9(2)7-8-13-11-5-3-10(12)4-6-11/h3,5-6,10H,1,4,7-8,12H2,2H3. The lowest BCUT2D eigenvalue weighted by Crippen LogP contribution is -2.17. The maximum Gasteiger partial charge on any atom is 0.115 e. The van der Waals surface area contributed by atoms with Crippen molar-refractivity contribution in [3.05, 3.63) is 36.1 Å². The molecule has 2 heteroatoms. The quantitative estimate of drug-likeness (QED) is 0.671. The van der Waals surface area contributed by atoms with Crippen molar-refractivity contribution < 1.29 is 4.74 Å². The third-order valence-corrected chi connectivity index (χ3v) is 1.90. The fraction of sp³-hybridized carbons (Fsp3) is 0.455. The minimum Gasteiger partial charge on any atom is -0.494 e. The van der Waals surface area contributed by atoms with E-state index >= 15 is 0 Å². The predicted molar refractivity (Wildman–Crippen MR) is 55.2 cm³/mol. The molecule has 0 bridgehead atoms. The second-order valence-corrected chi connectivity index (χ2v) is 3.42. The molecule has 0 aromatic heterocycles. The van der Waals surface area contributed by atoms with Crippen molar-refractivity contribution in [3.63, 3.8) is 0 Å². The van der Waals surface area contributed by atoms with Crippen LogP contribution < -0.4 is 5.73 Å². The third kappa shape index (κ3) is 3.95. The van der Waals surface area contributed by atoms with Crippen LogP contribution in [0, 0.1) is 0 Å². The molecular formula is C11H17NO. The van der Waals surface area contributed by atoms with Crippen LogP contribution in [-0.4, -0.2) is 12.6 Å². The lowest BCUT2D eigenvalue weighted by Gasteiger charge is -2.12. The Morgan fingerprint density at radius 2 is 2.54 bits per heavy atom. The molecule has 13 heavy (non-hydrogen) atoms. The highest BCUT2D eigenvalue weighted by molar-refractivity contribution is 5.19. The van der Waals surface area contributed by atoms with Gasteiger partial charge >= 0.3 is 0 Å². The molecule has 0 fully saturated rings. The Kier molecular flexibility index (Phi) is 3.77. The van der Waals surface area contributed by atoms with Gasteiger partial charge in [-0.3, -0.25) is 0 Å². The number of allylic oxidation sites excluding steroid dienone is 1. The van der Waals surface area contributed by atoms with Crippen molar-refractivity contribution in [3.8, 4) is 0 Å². The number of hydrogen-bond acceptors (Lipinski definition) is 2. The van der Waals surface area contributed by atoms with Gasteiger partial charge in [0.2, 0.25) is 0 Å². The van der Waals surface area contributed by atoms with Gasteiger partial charge < -0.3 is 10.5 Å². The van der Waals surface area contributed by atoms with E-state index in [9.17, 15) is 0 Å². The largest absolute Gasteiger partial charge is 0.494 e. The lowest BCUT2D eigenvalue weighted by atomic mass is 10.1. The van der Waals surface area contributed by atoms with Crippen molar-refractivity contribution in [1.29, 1.82) is 0 Å². The maximum absolute atomic E-state index is 5.67. The molecule has 72 valence electrons. The van der Waals surface area contributed by atoms with Crippen molar-refractivity contribution in [1.82, 2.24) is 0 Å². The van der Waals surface area contributed by atoms with Crippen LogP contribution in [0.25, 0.3) is 0 Å². The zero-order valence-electron chi connectivity index (χ0n) is 8.12. The van der Waals surface area contributed by atoms with E-state index in [1.807, 2.05) is 25.2 Å². The number of rotatable bonds is 4. The maximum atomic E-state index is 5.67. The topological polar surface area (TPSA) is 35.2 Å². The first-order valence-electron chi connectivity index (χ1n) is 4.59. The predicted octanol–water partition coefficient (Wildman–Crippen LogP) is 2.14. The Morgan fingerprint density at radius 1 is 1.77 bits per heavy atom. The molecule has 1 unspecified atom stereocenters. The molecule has 0 aromatic rings. The van der Waals surface area contributed by atoms with E-state index < -0.39 is 0 Å². The van der Waals surface area contributed by atoms with Crippen LogP contribution in [-0.2, 0) is 4.74 Å². The molecule has 1 aliphatic rings. The van der Waals surface area contributed by atoms with Crippen LogP contribution in [0.2, 0.25) is 0 Å². The number of hydrogen-bond donors (Lipinski definition) is 1. The summed E-state index contributed by atoms with van der Waals surface area (Å²) < 4.78 is 5.50. The van der Waals surface area contributed by atoms with Gasteiger partial charge in [-0.1, -0.05) is 11.6 Å². The smallest absolute Gasteiger partial charge is 0.115 e. The summed E-state index contributed by atoms with van der Waals surface area (Å²) in [6.45, 7) is 6.53. The molecule has 0 heterocycles. The zero-order chi connectivity index (χ0) is 9.68. The van der Waals surface area contributed by atoms with Crippen LogP contribution in [0.4, 0.5) is 0 Å². The summed E-state index contributed by atoms with van der Waals surface area (Å²) in [5.74, 6) is 0.933. The molecule has 1 atom stereocenters. The first-order chi connectivity index (χ1) is 6.18. The van der Waals surface area contributed by atoms with Gasteiger partial charge in [0.05, 0.1) is 6.61 Å². The molecular weight excluding hydrogens is 162 g/mol. The molecule has 0 aromatic carbocycles. The fourth-order valence-corrected chi connectivity index (χ4v) is 1.07. The highest BCUT2D eigenvalue weighted by Gasteiger charge is 2.03. The summed E-state index contributed by atoms with van der Waals surface area (Å²) in [5, 5.41) is 0. The Balaban J connectivity index is 2.23.